The first kappa shape index (κ1) is 28.0. The second kappa shape index (κ2) is 12.7. The van der Waals surface area contributed by atoms with Crippen LogP contribution in [0.2, 0.25) is 0 Å². The van der Waals surface area contributed by atoms with E-state index in [1.165, 1.54) is 12.1 Å². The number of benzene rings is 3. The van der Waals surface area contributed by atoms with Gasteiger partial charge in [-0.25, -0.2) is 4.79 Å². The van der Waals surface area contributed by atoms with Gasteiger partial charge in [-0.15, -0.1) is 0 Å². The first-order valence-corrected chi connectivity index (χ1v) is 12.8. The Morgan fingerprint density at radius 2 is 1.59 bits per heavy atom. The molecule has 3 aromatic carbocycles. The van der Waals surface area contributed by atoms with Gasteiger partial charge < -0.3 is 20.7 Å². The number of ether oxygens (including phenoxy) is 1. The number of hydrogen-bond donors (Lipinski definition) is 2. The fourth-order valence-electron chi connectivity index (χ4n) is 4.56. The monoisotopic (exact) mass is 540 g/mol. The summed E-state index contributed by atoms with van der Waals surface area (Å²) in [5.41, 5.74) is 7.08. The van der Waals surface area contributed by atoms with Crippen LogP contribution in [0.3, 0.4) is 0 Å². The first-order valence-electron chi connectivity index (χ1n) is 12.8. The predicted molar refractivity (Wildman–Crippen MR) is 144 cm³/mol. The van der Waals surface area contributed by atoms with Gasteiger partial charge in [-0.05, 0) is 66.9 Å². The second-order valence-electron chi connectivity index (χ2n) is 9.34. The van der Waals surface area contributed by atoms with E-state index in [4.69, 9.17) is 10.5 Å². The van der Waals surface area contributed by atoms with Gasteiger partial charge >= 0.3 is 12.3 Å². The summed E-state index contributed by atoms with van der Waals surface area (Å²) in [6, 6.07) is 19.6. The summed E-state index contributed by atoms with van der Waals surface area (Å²) < 4.78 is 45.3. The number of nitrogens with zero attached hydrogens (tertiary/aromatic N) is 2. The van der Waals surface area contributed by atoms with Gasteiger partial charge in [0.2, 0.25) is 5.91 Å². The zero-order chi connectivity index (χ0) is 27.8. The number of anilines is 1. The summed E-state index contributed by atoms with van der Waals surface area (Å²) in [4.78, 5) is 27.5. The van der Waals surface area contributed by atoms with E-state index in [0.29, 0.717) is 44.0 Å². The number of primary amides is 1. The maximum Gasteiger partial charge on any atom is 0.418 e. The number of piperazine rings is 1. The molecule has 10 heteroatoms. The van der Waals surface area contributed by atoms with Crippen LogP contribution in [0, 0.1) is 0 Å². The SMILES string of the molecule is NC(=O)c1cccc(-c2ccc(OC(=O)NCCCCN3CCN(c4ccccc4C(F)(F)F)CC3)cc2)c1. The molecule has 1 saturated heterocycles. The number of amides is 2. The van der Waals surface area contributed by atoms with Crippen molar-refractivity contribution in [2.75, 3.05) is 44.2 Å². The third kappa shape index (κ3) is 7.73. The van der Waals surface area contributed by atoms with E-state index in [1.807, 2.05) is 6.07 Å². The number of carbonyl (C=O) groups excluding carboxylic acids is 2. The number of nitrogens with two attached hydrogens (primary N) is 1. The Bertz CT molecular complexity index is 1270. The van der Waals surface area contributed by atoms with Gasteiger partial charge in [0, 0.05) is 44.0 Å². The Morgan fingerprint density at radius 3 is 2.28 bits per heavy atom. The number of carbonyl (C=O) groups is 2. The van der Waals surface area contributed by atoms with Gasteiger partial charge in [-0.1, -0.05) is 36.4 Å². The highest BCUT2D eigenvalue weighted by Gasteiger charge is 2.35. The van der Waals surface area contributed by atoms with Crippen LogP contribution in [0.1, 0.15) is 28.8 Å². The minimum absolute atomic E-state index is 0.235. The molecule has 0 radical (unpaired) electrons. The second-order valence-corrected chi connectivity index (χ2v) is 9.34. The number of hydrogen-bond acceptors (Lipinski definition) is 5. The van der Waals surface area contributed by atoms with Crippen molar-refractivity contribution in [2.24, 2.45) is 5.73 Å². The van der Waals surface area contributed by atoms with Crippen LogP contribution in [0.25, 0.3) is 11.1 Å². The maximum absolute atomic E-state index is 13.3. The highest BCUT2D eigenvalue weighted by Crippen LogP contribution is 2.36. The van der Waals surface area contributed by atoms with Crippen LogP contribution in [-0.2, 0) is 6.18 Å². The molecule has 0 atom stereocenters. The summed E-state index contributed by atoms with van der Waals surface area (Å²) >= 11 is 0. The lowest BCUT2D eigenvalue weighted by Crippen LogP contribution is -2.47. The number of unbranched alkanes of at least 4 members (excludes halogenated alkanes) is 1. The minimum atomic E-state index is -4.37. The van der Waals surface area contributed by atoms with Crippen molar-refractivity contribution in [2.45, 2.75) is 19.0 Å². The van der Waals surface area contributed by atoms with E-state index in [-0.39, 0.29) is 5.69 Å². The Hall–Kier alpha value is -4.05. The van der Waals surface area contributed by atoms with E-state index >= 15 is 0 Å². The van der Waals surface area contributed by atoms with Gasteiger partial charge in [0.1, 0.15) is 5.75 Å². The molecule has 206 valence electrons. The third-order valence-corrected chi connectivity index (χ3v) is 6.64. The van der Waals surface area contributed by atoms with Crippen LogP contribution in [0.5, 0.6) is 5.75 Å². The lowest BCUT2D eigenvalue weighted by atomic mass is 10.0. The topological polar surface area (TPSA) is 87.9 Å². The molecule has 39 heavy (non-hydrogen) atoms. The standard InChI is InChI=1S/C29H31F3N4O3/c30-29(31,32)25-8-1-2-9-26(25)36-18-16-35(17-19-36)15-4-3-14-34-28(38)39-24-12-10-21(11-13-24)22-6-5-7-23(20-22)27(33)37/h1-2,5-13,20H,3-4,14-19H2,(H2,33,37)(H,34,38). The summed E-state index contributed by atoms with van der Waals surface area (Å²) in [6.45, 7) is 3.70. The number of halogens is 3. The van der Waals surface area contributed by atoms with E-state index in [1.54, 1.807) is 53.4 Å². The number of para-hydroxylation sites is 1. The number of nitrogens with one attached hydrogen (secondary N) is 1. The van der Waals surface area contributed by atoms with Crippen molar-refractivity contribution >= 4 is 17.7 Å². The normalized spacial score (nSPS) is 14.2. The lowest BCUT2D eigenvalue weighted by molar-refractivity contribution is -0.137. The van der Waals surface area contributed by atoms with E-state index in [2.05, 4.69) is 10.2 Å². The number of rotatable bonds is 9. The van der Waals surface area contributed by atoms with Crippen molar-refractivity contribution in [1.29, 1.82) is 0 Å². The van der Waals surface area contributed by atoms with Gasteiger partial charge in [0.05, 0.1) is 5.56 Å². The molecule has 1 heterocycles. The Balaban J connectivity index is 1.14. The van der Waals surface area contributed by atoms with Crippen LogP contribution < -0.4 is 20.7 Å². The molecule has 7 nitrogen and oxygen atoms in total. The average molecular weight is 541 g/mol. The largest absolute Gasteiger partial charge is 0.418 e. The van der Waals surface area contributed by atoms with Gasteiger partial charge in [-0.3, -0.25) is 9.69 Å². The zero-order valence-corrected chi connectivity index (χ0v) is 21.4. The highest BCUT2D eigenvalue weighted by atomic mass is 19.4. The Morgan fingerprint density at radius 1 is 0.872 bits per heavy atom. The fraction of sp³-hybridized carbons (Fsp3) is 0.310. The molecule has 1 aliphatic heterocycles. The fourth-order valence-corrected chi connectivity index (χ4v) is 4.56. The van der Waals surface area contributed by atoms with Crippen molar-refractivity contribution in [3.05, 3.63) is 83.9 Å². The summed E-state index contributed by atoms with van der Waals surface area (Å²) in [5.74, 6) is -0.102. The number of alkyl halides is 3. The molecule has 0 aliphatic carbocycles. The molecule has 3 aromatic rings. The van der Waals surface area contributed by atoms with Crippen molar-refractivity contribution in [3.63, 3.8) is 0 Å². The van der Waals surface area contributed by atoms with Gasteiger partial charge in [-0.2, -0.15) is 13.2 Å². The summed E-state index contributed by atoms with van der Waals surface area (Å²) in [7, 11) is 0. The molecule has 0 saturated carbocycles. The lowest BCUT2D eigenvalue weighted by Gasteiger charge is -2.37. The molecular formula is C29H31F3N4O3. The van der Waals surface area contributed by atoms with Crippen molar-refractivity contribution in [1.82, 2.24) is 10.2 Å². The molecule has 0 bridgehead atoms. The molecular weight excluding hydrogens is 509 g/mol. The molecule has 3 N–H and O–H groups in total. The van der Waals surface area contributed by atoms with E-state index in [9.17, 15) is 22.8 Å². The maximum atomic E-state index is 13.3. The van der Waals surface area contributed by atoms with Gasteiger partial charge in [0.15, 0.2) is 0 Å². The average Bonchev–Trinajstić information content (AvgIpc) is 2.93. The quantitative estimate of drug-likeness (QED) is 0.366. The van der Waals surface area contributed by atoms with Crippen molar-refractivity contribution in [3.8, 4) is 16.9 Å². The molecule has 0 unspecified atom stereocenters. The van der Waals surface area contributed by atoms with Crippen molar-refractivity contribution < 1.29 is 27.5 Å². The smallest absolute Gasteiger partial charge is 0.410 e. The molecule has 2 amide bonds. The van der Waals surface area contributed by atoms with E-state index < -0.39 is 23.7 Å². The van der Waals surface area contributed by atoms with Gasteiger partial charge in [0.25, 0.3) is 0 Å². The molecule has 0 aromatic heterocycles. The first-order chi connectivity index (χ1) is 18.7. The highest BCUT2D eigenvalue weighted by molar-refractivity contribution is 5.94. The van der Waals surface area contributed by atoms with Crippen LogP contribution in [0.15, 0.2) is 72.8 Å². The van der Waals surface area contributed by atoms with Crippen LogP contribution >= 0.6 is 0 Å². The Labute approximate surface area is 225 Å². The molecule has 4 rings (SSSR count). The van der Waals surface area contributed by atoms with Crippen LogP contribution in [-0.4, -0.2) is 56.2 Å². The van der Waals surface area contributed by atoms with Crippen LogP contribution in [0.4, 0.5) is 23.7 Å². The molecule has 1 fully saturated rings. The summed E-state index contributed by atoms with van der Waals surface area (Å²) in [6.07, 6.45) is -3.32. The van der Waals surface area contributed by atoms with E-state index in [0.717, 1.165) is 36.6 Å². The summed E-state index contributed by atoms with van der Waals surface area (Å²) in [5, 5.41) is 2.74. The molecule has 0 spiro atoms. The molecule has 1 aliphatic rings. The zero-order valence-electron chi connectivity index (χ0n) is 21.4. The Kier molecular flexibility index (Phi) is 9.08. The third-order valence-electron chi connectivity index (χ3n) is 6.64. The minimum Gasteiger partial charge on any atom is -0.410 e. The predicted octanol–water partition coefficient (Wildman–Crippen LogP) is 5.16.